The second-order valence-corrected chi connectivity index (χ2v) is 3.05. The van der Waals surface area contributed by atoms with Crippen molar-refractivity contribution in [3.8, 4) is 0 Å². The largest absolute Gasteiger partial charge is 0.423 e. The molecule has 80 valence electrons. The molecule has 0 aromatic carbocycles. The van der Waals surface area contributed by atoms with Crippen LogP contribution in [0.4, 0.5) is 0 Å². The van der Waals surface area contributed by atoms with Crippen LogP contribution in [-0.2, 0) is 19.5 Å². The Morgan fingerprint density at radius 3 is 2.73 bits per heavy atom. The third-order valence-corrected chi connectivity index (χ3v) is 1.90. The highest BCUT2D eigenvalue weighted by Gasteiger charge is 2.06. The Morgan fingerprint density at radius 1 is 1.33 bits per heavy atom. The number of aryl methyl sites for hydroxylation is 1. The van der Waals surface area contributed by atoms with Crippen molar-refractivity contribution in [1.29, 1.82) is 0 Å². The quantitative estimate of drug-likeness (QED) is 0.743. The molecule has 2 rings (SSSR count). The van der Waals surface area contributed by atoms with Crippen LogP contribution in [0.15, 0.2) is 10.6 Å². The lowest BCUT2D eigenvalue weighted by Gasteiger charge is -1.92. The molecule has 0 aliphatic carbocycles. The van der Waals surface area contributed by atoms with E-state index in [1.165, 1.54) is 0 Å². The number of nitrogens with zero attached hydrogens (tertiary/aromatic N) is 5. The third kappa shape index (κ3) is 2.18. The average Bonchev–Trinajstić information content (AvgIpc) is 2.87. The normalized spacial score (nSPS) is 10.8. The maximum atomic E-state index is 5.41. The fraction of sp³-hybridized carbons (Fsp3) is 0.500. The predicted octanol–water partition coefficient (Wildman–Crippen LogP) is -0.269. The van der Waals surface area contributed by atoms with Gasteiger partial charge in [-0.3, -0.25) is 0 Å². The van der Waals surface area contributed by atoms with Gasteiger partial charge in [0.15, 0.2) is 0 Å². The number of hydrogen-bond acceptors (Lipinski definition) is 6. The molecule has 0 atom stereocenters. The molecular formula is C8H12N6O. The van der Waals surface area contributed by atoms with Gasteiger partial charge in [-0.25, -0.2) is 4.68 Å². The van der Waals surface area contributed by atoms with E-state index in [0.29, 0.717) is 24.9 Å². The van der Waals surface area contributed by atoms with E-state index in [1.807, 2.05) is 6.92 Å². The van der Waals surface area contributed by atoms with Gasteiger partial charge >= 0.3 is 0 Å². The zero-order valence-electron chi connectivity index (χ0n) is 8.42. The summed E-state index contributed by atoms with van der Waals surface area (Å²) < 4.78 is 6.96. The minimum atomic E-state index is 0.379. The van der Waals surface area contributed by atoms with E-state index in [0.717, 1.165) is 12.1 Å². The lowest BCUT2D eigenvalue weighted by molar-refractivity contribution is 0.430. The van der Waals surface area contributed by atoms with Gasteiger partial charge in [-0.05, 0) is 0 Å². The fourth-order valence-electron chi connectivity index (χ4n) is 1.14. The van der Waals surface area contributed by atoms with Crippen LogP contribution in [0.5, 0.6) is 0 Å². The van der Waals surface area contributed by atoms with Crippen LogP contribution in [0, 0.1) is 0 Å². The third-order valence-electron chi connectivity index (χ3n) is 1.90. The van der Waals surface area contributed by atoms with Gasteiger partial charge < -0.3 is 10.2 Å². The first-order chi connectivity index (χ1) is 7.31. The van der Waals surface area contributed by atoms with Crippen LogP contribution in [0.1, 0.15) is 24.4 Å². The van der Waals surface area contributed by atoms with Crippen molar-refractivity contribution in [2.75, 3.05) is 0 Å². The molecule has 0 fully saturated rings. The Labute approximate surface area is 86.3 Å². The molecule has 0 unspecified atom stereocenters. The van der Waals surface area contributed by atoms with E-state index in [4.69, 9.17) is 10.2 Å². The average molecular weight is 208 g/mol. The molecule has 0 aliphatic heterocycles. The second kappa shape index (κ2) is 4.18. The van der Waals surface area contributed by atoms with Gasteiger partial charge in [0.05, 0.1) is 11.9 Å². The first-order valence-electron chi connectivity index (χ1n) is 4.72. The Balaban J connectivity index is 2.07. The highest BCUT2D eigenvalue weighted by molar-refractivity contribution is 4.92. The van der Waals surface area contributed by atoms with Crippen LogP contribution >= 0.6 is 0 Å². The number of rotatable bonds is 4. The van der Waals surface area contributed by atoms with Crippen LogP contribution in [0.25, 0.3) is 0 Å². The molecule has 0 saturated heterocycles. The lowest BCUT2D eigenvalue weighted by atomic mass is 10.5. The molecule has 0 bridgehead atoms. The zero-order valence-corrected chi connectivity index (χ0v) is 8.42. The molecule has 2 aromatic heterocycles. The van der Waals surface area contributed by atoms with Gasteiger partial charge in [-0.15, -0.1) is 15.3 Å². The summed E-state index contributed by atoms with van der Waals surface area (Å²) in [4.78, 5) is 0. The monoisotopic (exact) mass is 208 g/mol. The van der Waals surface area contributed by atoms with Gasteiger partial charge in [-0.2, -0.15) is 0 Å². The van der Waals surface area contributed by atoms with Crippen LogP contribution < -0.4 is 5.73 Å². The van der Waals surface area contributed by atoms with E-state index < -0.39 is 0 Å². The highest BCUT2D eigenvalue weighted by Crippen LogP contribution is 2.02. The van der Waals surface area contributed by atoms with E-state index in [2.05, 4.69) is 20.5 Å². The summed E-state index contributed by atoms with van der Waals surface area (Å²) in [6, 6.07) is 0. The Morgan fingerprint density at radius 2 is 2.13 bits per heavy atom. The van der Waals surface area contributed by atoms with Crippen molar-refractivity contribution in [2.45, 2.75) is 26.4 Å². The Kier molecular flexibility index (Phi) is 2.72. The van der Waals surface area contributed by atoms with Gasteiger partial charge in [0.25, 0.3) is 0 Å². The van der Waals surface area contributed by atoms with Crippen molar-refractivity contribution < 1.29 is 4.42 Å². The van der Waals surface area contributed by atoms with Gasteiger partial charge in [0, 0.05) is 13.0 Å². The molecule has 7 heteroatoms. The topological polar surface area (TPSA) is 95.7 Å². The van der Waals surface area contributed by atoms with Crippen molar-refractivity contribution in [2.24, 2.45) is 5.73 Å². The lowest BCUT2D eigenvalue weighted by Crippen LogP contribution is -2.00. The predicted molar refractivity (Wildman–Crippen MR) is 50.7 cm³/mol. The Hall–Kier alpha value is -1.76. The first kappa shape index (κ1) is 9.78. The first-order valence-corrected chi connectivity index (χ1v) is 4.72. The maximum Gasteiger partial charge on any atom is 0.237 e. The Bertz CT molecular complexity index is 394. The molecule has 0 saturated carbocycles. The molecule has 2 N–H and O–H groups in total. The molecule has 0 amide bonds. The van der Waals surface area contributed by atoms with Gasteiger partial charge in [0.2, 0.25) is 11.8 Å². The summed E-state index contributed by atoms with van der Waals surface area (Å²) in [7, 11) is 0. The van der Waals surface area contributed by atoms with Crippen LogP contribution in [0.2, 0.25) is 0 Å². The number of nitrogens with two attached hydrogens (primary N) is 1. The maximum absolute atomic E-state index is 5.41. The van der Waals surface area contributed by atoms with Crippen LogP contribution in [-0.4, -0.2) is 25.2 Å². The molecular weight excluding hydrogens is 196 g/mol. The molecule has 0 radical (unpaired) electrons. The van der Waals surface area contributed by atoms with Crippen LogP contribution in [0.3, 0.4) is 0 Å². The SMILES string of the molecule is CCc1nnc(Cn2cc(CN)nn2)o1. The minimum absolute atomic E-state index is 0.379. The van der Waals surface area contributed by atoms with Crippen molar-refractivity contribution in [3.05, 3.63) is 23.7 Å². The summed E-state index contributed by atoms with van der Waals surface area (Å²) in [5.74, 6) is 1.16. The van der Waals surface area contributed by atoms with Crippen molar-refractivity contribution in [1.82, 2.24) is 25.2 Å². The van der Waals surface area contributed by atoms with E-state index in [-0.39, 0.29) is 0 Å². The standard InChI is InChI=1S/C8H12N6O/c1-2-7-11-12-8(15-7)5-14-4-6(3-9)10-13-14/h4H,2-3,5,9H2,1H3. The summed E-state index contributed by atoms with van der Waals surface area (Å²) in [5, 5.41) is 15.5. The molecule has 0 spiro atoms. The summed E-state index contributed by atoms with van der Waals surface area (Å²) in [6.45, 7) is 2.77. The van der Waals surface area contributed by atoms with Gasteiger partial charge in [-0.1, -0.05) is 12.1 Å². The summed E-state index contributed by atoms with van der Waals surface area (Å²) >= 11 is 0. The van der Waals surface area contributed by atoms with E-state index in [1.54, 1.807) is 10.9 Å². The molecule has 15 heavy (non-hydrogen) atoms. The molecule has 2 aromatic rings. The number of aromatic nitrogens is 5. The zero-order chi connectivity index (χ0) is 10.7. The van der Waals surface area contributed by atoms with E-state index in [9.17, 15) is 0 Å². The fourth-order valence-corrected chi connectivity index (χ4v) is 1.14. The molecule has 2 heterocycles. The molecule has 0 aliphatic rings. The van der Waals surface area contributed by atoms with Gasteiger partial charge in [0.1, 0.15) is 6.54 Å². The van der Waals surface area contributed by atoms with Crippen molar-refractivity contribution in [3.63, 3.8) is 0 Å². The smallest absolute Gasteiger partial charge is 0.237 e. The highest BCUT2D eigenvalue weighted by atomic mass is 16.4. The number of hydrogen-bond donors (Lipinski definition) is 1. The summed E-state index contributed by atoms with van der Waals surface area (Å²) in [6.07, 6.45) is 2.49. The second-order valence-electron chi connectivity index (χ2n) is 3.05. The minimum Gasteiger partial charge on any atom is -0.423 e. The van der Waals surface area contributed by atoms with Crippen molar-refractivity contribution >= 4 is 0 Å². The van der Waals surface area contributed by atoms with E-state index >= 15 is 0 Å². The summed E-state index contributed by atoms with van der Waals surface area (Å²) in [5.41, 5.74) is 6.16. The molecule has 7 nitrogen and oxygen atoms in total.